The van der Waals surface area contributed by atoms with E-state index in [2.05, 4.69) is 6.58 Å². The van der Waals surface area contributed by atoms with Crippen LogP contribution in [0.4, 0.5) is 0 Å². The van der Waals surface area contributed by atoms with Crippen molar-refractivity contribution >= 4 is 5.76 Å². The summed E-state index contributed by atoms with van der Waals surface area (Å²) in [7, 11) is 0. The Morgan fingerprint density at radius 1 is 1.40 bits per heavy atom. The molecule has 0 bridgehead atoms. The Morgan fingerprint density at radius 2 is 2.13 bits per heavy atom. The van der Waals surface area contributed by atoms with Gasteiger partial charge in [0.25, 0.3) is 0 Å². The molecule has 0 aliphatic carbocycles. The van der Waals surface area contributed by atoms with Gasteiger partial charge in [0.2, 0.25) is 0 Å². The van der Waals surface area contributed by atoms with Crippen LogP contribution in [0.1, 0.15) is 17.4 Å². The van der Waals surface area contributed by atoms with Crippen molar-refractivity contribution in [2.45, 2.75) is 6.23 Å². The van der Waals surface area contributed by atoms with Crippen molar-refractivity contribution in [1.82, 2.24) is 4.90 Å². The summed E-state index contributed by atoms with van der Waals surface area (Å²) in [6.07, 6.45) is 2.50. The van der Waals surface area contributed by atoms with Crippen LogP contribution in [0.15, 0.2) is 43.1 Å². The zero-order valence-corrected chi connectivity index (χ0v) is 8.30. The molecule has 0 radical (unpaired) electrons. The van der Waals surface area contributed by atoms with E-state index in [1.54, 1.807) is 23.1 Å². The smallest absolute Gasteiger partial charge is 0.153 e. The van der Waals surface area contributed by atoms with Crippen LogP contribution in [0.25, 0.3) is 5.76 Å². The lowest BCUT2D eigenvalue weighted by Gasteiger charge is -2.31. The highest BCUT2D eigenvalue weighted by atomic mass is 16.3. The molecule has 0 fully saturated rings. The summed E-state index contributed by atoms with van der Waals surface area (Å²) in [5.41, 5.74) is 1.41. The van der Waals surface area contributed by atoms with E-state index in [0.29, 0.717) is 12.1 Å². The molecule has 1 aliphatic heterocycles. The van der Waals surface area contributed by atoms with Crippen molar-refractivity contribution in [3.05, 3.63) is 54.2 Å². The second-order valence-corrected chi connectivity index (χ2v) is 3.46. The fraction of sp³-hybridized carbons (Fsp3) is 0.167. The quantitative estimate of drug-likeness (QED) is 0.723. The number of hydrogen-bond donors (Lipinski definition) is 2. The van der Waals surface area contributed by atoms with E-state index in [1.807, 2.05) is 12.1 Å². The average Bonchev–Trinajstić information content (AvgIpc) is 2.26. The Bertz CT molecular complexity index is 412. The van der Waals surface area contributed by atoms with Gasteiger partial charge < -0.3 is 15.1 Å². The van der Waals surface area contributed by atoms with Crippen LogP contribution < -0.4 is 0 Å². The Kier molecular flexibility index (Phi) is 2.47. The number of rotatable bonds is 2. The molecule has 0 spiro atoms. The fourth-order valence-electron chi connectivity index (χ4n) is 1.73. The number of benzene rings is 1. The van der Waals surface area contributed by atoms with Crippen LogP contribution in [-0.4, -0.2) is 21.7 Å². The van der Waals surface area contributed by atoms with Crippen LogP contribution in [0.2, 0.25) is 0 Å². The number of aliphatic hydroxyl groups excluding tert-OH is 2. The first kappa shape index (κ1) is 9.80. The van der Waals surface area contributed by atoms with Gasteiger partial charge in [-0.2, -0.15) is 0 Å². The number of aliphatic hydroxyl groups is 2. The van der Waals surface area contributed by atoms with Crippen molar-refractivity contribution in [2.24, 2.45) is 0 Å². The second kappa shape index (κ2) is 3.79. The van der Waals surface area contributed by atoms with Gasteiger partial charge in [0.05, 0.1) is 0 Å². The molecule has 1 unspecified atom stereocenters. The van der Waals surface area contributed by atoms with E-state index in [4.69, 9.17) is 0 Å². The van der Waals surface area contributed by atoms with Crippen molar-refractivity contribution in [1.29, 1.82) is 0 Å². The molecule has 0 aromatic heterocycles. The van der Waals surface area contributed by atoms with E-state index in [1.165, 1.54) is 6.20 Å². The van der Waals surface area contributed by atoms with Gasteiger partial charge in [0.15, 0.2) is 6.23 Å². The second-order valence-electron chi connectivity index (χ2n) is 3.46. The Balaban J connectivity index is 2.44. The van der Waals surface area contributed by atoms with Crippen LogP contribution in [-0.2, 0) is 0 Å². The van der Waals surface area contributed by atoms with Crippen LogP contribution in [0.5, 0.6) is 0 Å². The van der Waals surface area contributed by atoms with Crippen molar-refractivity contribution in [3.8, 4) is 0 Å². The molecule has 1 aromatic carbocycles. The van der Waals surface area contributed by atoms with E-state index < -0.39 is 6.23 Å². The van der Waals surface area contributed by atoms with Gasteiger partial charge in [-0.25, -0.2) is 0 Å². The molecule has 2 rings (SSSR count). The van der Waals surface area contributed by atoms with Gasteiger partial charge in [0.1, 0.15) is 5.76 Å². The summed E-state index contributed by atoms with van der Waals surface area (Å²) in [4.78, 5) is 1.63. The highest BCUT2D eigenvalue weighted by molar-refractivity contribution is 5.63. The topological polar surface area (TPSA) is 43.7 Å². The number of nitrogens with zero attached hydrogens (tertiary/aromatic N) is 1. The molecule has 0 amide bonds. The summed E-state index contributed by atoms with van der Waals surface area (Å²) >= 11 is 0. The number of fused-ring (bicyclic) bond motifs is 1. The van der Waals surface area contributed by atoms with Gasteiger partial charge in [-0.15, -0.1) is 6.58 Å². The predicted molar refractivity (Wildman–Crippen MR) is 58.9 cm³/mol. The first-order valence-electron chi connectivity index (χ1n) is 4.79. The monoisotopic (exact) mass is 203 g/mol. The molecule has 1 aromatic rings. The van der Waals surface area contributed by atoms with Gasteiger partial charge in [0, 0.05) is 23.9 Å². The molecule has 1 atom stereocenters. The molecule has 0 saturated carbocycles. The summed E-state index contributed by atoms with van der Waals surface area (Å²) in [5, 5.41) is 19.7. The van der Waals surface area contributed by atoms with Crippen LogP contribution in [0.3, 0.4) is 0 Å². The lowest BCUT2D eigenvalue weighted by molar-refractivity contribution is 0.0401. The third-order valence-corrected chi connectivity index (χ3v) is 2.46. The predicted octanol–water partition coefficient (Wildman–Crippen LogP) is 2.04. The lowest BCUT2D eigenvalue weighted by atomic mass is 10.0. The third-order valence-electron chi connectivity index (χ3n) is 2.46. The van der Waals surface area contributed by atoms with E-state index in [-0.39, 0.29) is 5.76 Å². The minimum absolute atomic E-state index is 0.178. The molecular weight excluding hydrogens is 190 g/mol. The molecule has 78 valence electrons. The maximum Gasteiger partial charge on any atom is 0.153 e. The van der Waals surface area contributed by atoms with Gasteiger partial charge in [-0.1, -0.05) is 30.3 Å². The first-order chi connectivity index (χ1) is 7.24. The molecule has 3 nitrogen and oxygen atoms in total. The Labute approximate surface area is 88.6 Å². The Hall–Kier alpha value is -1.74. The first-order valence-corrected chi connectivity index (χ1v) is 4.79. The molecule has 3 heteroatoms. The van der Waals surface area contributed by atoms with Gasteiger partial charge >= 0.3 is 0 Å². The lowest BCUT2D eigenvalue weighted by Crippen LogP contribution is -2.27. The largest absolute Gasteiger partial charge is 0.506 e. The zero-order chi connectivity index (χ0) is 10.8. The van der Waals surface area contributed by atoms with Crippen molar-refractivity contribution in [3.63, 3.8) is 0 Å². The highest BCUT2D eigenvalue weighted by Crippen LogP contribution is 2.31. The van der Waals surface area contributed by atoms with E-state index >= 15 is 0 Å². The minimum Gasteiger partial charge on any atom is -0.506 e. The van der Waals surface area contributed by atoms with Crippen molar-refractivity contribution < 1.29 is 10.2 Å². The zero-order valence-electron chi connectivity index (χ0n) is 8.30. The summed E-state index contributed by atoms with van der Waals surface area (Å²) in [6.45, 7) is 4.11. The molecule has 1 heterocycles. The summed E-state index contributed by atoms with van der Waals surface area (Å²) < 4.78 is 0. The minimum atomic E-state index is -0.713. The normalized spacial score (nSPS) is 19.4. The highest BCUT2D eigenvalue weighted by Gasteiger charge is 2.23. The maximum absolute atomic E-state index is 9.99. The average molecular weight is 203 g/mol. The molecule has 15 heavy (non-hydrogen) atoms. The number of hydrogen-bond acceptors (Lipinski definition) is 3. The third kappa shape index (κ3) is 1.62. The van der Waals surface area contributed by atoms with Crippen LogP contribution in [0, 0.1) is 0 Å². The van der Waals surface area contributed by atoms with Gasteiger partial charge in [-0.3, -0.25) is 0 Å². The van der Waals surface area contributed by atoms with E-state index in [0.717, 1.165) is 5.56 Å². The molecule has 0 saturated heterocycles. The molecule has 2 N–H and O–H groups in total. The summed E-state index contributed by atoms with van der Waals surface area (Å²) in [6, 6.07) is 7.26. The van der Waals surface area contributed by atoms with Crippen molar-refractivity contribution in [2.75, 3.05) is 6.54 Å². The maximum atomic E-state index is 9.99. The van der Waals surface area contributed by atoms with Crippen LogP contribution >= 0.6 is 0 Å². The standard InChI is InChI=1S/C12H13NO2/c1-2-7-13-8-11(14)9-5-3-4-6-10(9)12(13)15/h2-6,8,12,14-15H,1,7H2. The fourth-order valence-corrected chi connectivity index (χ4v) is 1.73. The van der Waals surface area contributed by atoms with Gasteiger partial charge in [-0.05, 0) is 0 Å². The van der Waals surface area contributed by atoms with E-state index in [9.17, 15) is 10.2 Å². The SMILES string of the molecule is C=CCN1C=C(O)c2ccccc2C1O. The molecular formula is C12H13NO2. The Morgan fingerprint density at radius 3 is 2.87 bits per heavy atom. The summed E-state index contributed by atoms with van der Waals surface area (Å²) in [5.74, 6) is 0.178. The molecule has 1 aliphatic rings.